The van der Waals surface area contributed by atoms with Gasteiger partial charge in [0.25, 0.3) is 5.91 Å². The summed E-state index contributed by atoms with van der Waals surface area (Å²) in [6.07, 6.45) is 6.38. The lowest BCUT2D eigenvalue weighted by atomic mass is 10.2. The van der Waals surface area contributed by atoms with Crippen molar-refractivity contribution in [3.63, 3.8) is 0 Å². The van der Waals surface area contributed by atoms with Crippen molar-refractivity contribution in [3.8, 4) is 0 Å². The number of carbonyl (C=O) groups is 1. The Morgan fingerprint density at radius 3 is 2.55 bits per heavy atom. The zero-order chi connectivity index (χ0) is 14.5. The molecule has 4 nitrogen and oxygen atoms in total. The van der Waals surface area contributed by atoms with Crippen LogP contribution in [0.25, 0.3) is 0 Å². The number of amides is 1. The molecule has 0 spiro atoms. The highest BCUT2D eigenvalue weighted by Crippen LogP contribution is 2.24. The molecule has 20 heavy (non-hydrogen) atoms. The number of halogens is 1. The Morgan fingerprint density at radius 2 is 2.00 bits per heavy atom. The summed E-state index contributed by atoms with van der Waals surface area (Å²) in [5.74, 6) is 0.0613. The van der Waals surface area contributed by atoms with Gasteiger partial charge in [-0.05, 0) is 55.0 Å². The molecule has 1 saturated carbocycles. The maximum Gasteiger partial charge on any atom is 0.272 e. The van der Waals surface area contributed by atoms with Crippen molar-refractivity contribution in [1.82, 2.24) is 14.8 Å². The van der Waals surface area contributed by atoms with Gasteiger partial charge < -0.3 is 9.80 Å². The van der Waals surface area contributed by atoms with Crippen LogP contribution in [-0.2, 0) is 0 Å². The summed E-state index contributed by atoms with van der Waals surface area (Å²) in [7, 11) is 4.07. The molecule has 1 aliphatic carbocycles. The second-order valence-electron chi connectivity index (χ2n) is 5.60. The van der Waals surface area contributed by atoms with Crippen LogP contribution in [0.5, 0.6) is 0 Å². The normalized spacial score (nSPS) is 15.8. The van der Waals surface area contributed by atoms with Gasteiger partial charge >= 0.3 is 0 Å². The Morgan fingerprint density at radius 1 is 1.30 bits per heavy atom. The molecule has 0 aliphatic heterocycles. The summed E-state index contributed by atoms with van der Waals surface area (Å²) in [4.78, 5) is 21.1. The van der Waals surface area contributed by atoms with Gasteiger partial charge in [0.2, 0.25) is 0 Å². The maximum absolute atomic E-state index is 12.7. The van der Waals surface area contributed by atoms with Gasteiger partial charge in [-0.2, -0.15) is 0 Å². The quantitative estimate of drug-likeness (QED) is 0.827. The molecule has 1 aromatic heterocycles. The van der Waals surface area contributed by atoms with E-state index in [2.05, 4.69) is 25.8 Å². The van der Waals surface area contributed by atoms with Gasteiger partial charge in [-0.25, -0.2) is 4.98 Å². The SMILES string of the molecule is CN(C)CCN(C(=O)c1ccc(Br)cn1)C1CCCC1. The third-order valence-corrected chi connectivity index (χ3v) is 4.23. The molecule has 0 N–H and O–H groups in total. The van der Waals surface area contributed by atoms with Gasteiger partial charge in [-0.1, -0.05) is 12.8 Å². The monoisotopic (exact) mass is 339 g/mol. The van der Waals surface area contributed by atoms with E-state index in [1.807, 2.05) is 25.1 Å². The number of hydrogen-bond donors (Lipinski definition) is 0. The van der Waals surface area contributed by atoms with Crippen LogP contribution >= 0.6 is 15.9 Å². The van der Waals surface area contributed by atoms with Crippen LogP contribution < -0.4 is 0 Å². The first-order valence-corrected chi connectivity index (χ1v) is 7.94. The second kappa shape index (κ2) is 7.18. The average molecular weight is 340 g/mol. The van der Waals surface area contributed by atoms with E-state index in [4.69, 9.17) is 0 Å². The number of pyridine rings is 1. The first-order valence-electron chi connectivity index (χ1n) is 7.15. The Balaban J connectivity index is 2.11. The summed E-state index contributed by atoms with van der Waals surface area (Å²) < 4.78 is 0.898. The van der Waals surface area contributed by atoms with Gasteiger partial charge in [-0.3, -0.25) is 4.79 Å². The Hall–Kier alpha value is -0.940. The lowest BCUT2D eigenvalue weighted by Gasteiger charge is -2.30. The lowest BCUT2D eigenvalue weighted by molar-refractivity contribution is 0.0661. The molecular formula is C15H22BrN3O. The highest BCUT2D eigenvalue weighted by molar-refractivity contribution is 9.10. The predicted molar refractivity (Wildman–Crippen MR) is 83.8 cm³/mol. The first kappa shape index (κ1) is 15.4. The van der Waals surface area contributed by atoms with Crippen molar-refractivity contribution in [3.05, 3.63) is 28.5 Å². The van der Waals surface area contributed by atoms with Crippen LogP contribution in [0.3, 0.4) is 0 Å². The fraction of sp³-hybridized carbons (Fsp3) is 0.600. The highest BCUT2D eigenvalue weighted by atomic mass is 79.9. The van der Waals surface area contributed by atoms with Crippen molar-refractivity contribution in [2.45, 2.75) is 31.7 Å². The van der Waals surface area contributed by atoms with Crippen LogP contribution in [0.15, 0.2) is 22.8 Å². The van der Waals surface area contributed by atoms with Crippen molar-refractivity contribution < 1.29 is 4.79 Å². The van der Waals surface area contributed by atoms with Gasteiger partial charge in [0.1, 0.15) is 5.69 Å². The fourth-order valence-corrected chi connectivity index (χ4v) is 2.86. The number of aromatic nitrogens is 1. The van der Waals surface area contributed by atoms with Crippen LogP contribution in [0.1, 0.15) is 36.2 Å². The van der Waals surface area contributed by atoms with E-state index in [1.54, 1.807) is 12.3 Å². The molecule has 0 unspecified atom stereocenters. The Kier molecular flexibility index (Phi) is 5.54. The number of hydrogen-bond acceptors (Lipinski definition) is 3. The topological polar surface area (TPSA) is 36.4 Å². The predicted octanol–water partition coefficient (Wildman–Crippen LogP) is 2.79. The van der Waals surface area contributed by atoms with E-state index in [9.17, 15) is 4.79 Å². The molecule has 0 aromatic carbocycles. The first-order chi connectivity index (χ1) is 9.58. The number of carbonyl (C=O) groups excluding carboxylic acids is 1. The van der Waals surface area contributed by atoms with Crippen LogP contribution in [0.2, 0.25) is 0 Å². The minimum Gasteiger partial charge on any atom is -0.333 e. The molecule has 0 atom stereocenters. The zero-order valence-electron chi connectivity index (χ0n) is 12.2. The summed E-state index contributed by atoms with van der Waals surface area (Å²) >= 11 is 3.35. The number of nitrogens with zero attached hydrogens (tertiary/aromatic N) is 3. The molecule has 1 heterocycles. The molecule has 110 valence electrons. The molecule has 2 rings (SSSR count). The molecule has 1 aromatic rings. The van der Waals surface area contributed by atoms with Crippen molar-refractivity contribution in [2.24, 2.45) is 0 Å². The lowest BCUT2D eigenvalue weighted by Crippen LogP contribution is -2.43. The molecule has 0 bridgehead atoms. The molecular weight excluding hydrogens is 318 g/mol. The van der Waals surface area contributed by atoms with Gasteiger partial charge in [0, 0.05) is 29.8 Å². The minimum absolute atomic E-state index is 0.0613. The van der Waals surface area contributed by atoms with Gasteiger partial charge in [-0.15, -0.1) is 0 Å². The smallest absolute Gasteiger partial charge is 0.272 e. The van der Waals surface area contributed by atoms with Crippen molar-refractivity contribution >= 4 is 21.8 Å². The van der Waals surface area contributed by atoms with Crippen molar-refractivity contribution in [2.75, 3.05) is 27.2 Å². The third kappa shape index (κ3) is 4.03. The van der Waals surface area contributed by atoms with E-state index >= 15 is 0 Å². The van der Waals surface area contributed by atoms with Crippen LogP contribution in [-0.4, -0.2) is 53.9 Å². The molecule has 1 amide bonds. The van der Waals surface area contributed by atoms with Gasteiger partial charge in [0.15, 0.2) is 0 Å². The molecule has 0 radical (unpaired) electrons. The van der Waals surface area contributed by atoms with E-state index in [0.717, 1.165) is 30.4 Å². The van der Waals surface area contributed by atoms with E-state index in [0.29, 0.717) is 11.7 Å². The number of rotatable bonds is 5. The molecule has 1 aliphatic rings. The summed E-state index contributed by atoms with van der Waals surface area (Å²) in [5.41, 5.74) is 0.541. The fourth-order valence-electron chi connectivity index (χ4n) is 2.62. The Labute approximate surface area is 129 Å². The van der Waals surface area contributed by atoms with Gasteiger partial charge in [0.05, 0.1) is 0 Å². The van der Waals surface area contributed by atoms with E-state index in [1.165, 1.54) is 12.8 Å². The maximum atomic E-state index is 12.7. The summed E-state index contributed by atoms with van der Waals surface area (Å²) in [6, 6.07) is 4.05. The van der Waals surface area contributed by atoms with E-state index < -0.39 is 0 Å². The number of likely N-dealkylation sites (N-methyl/N-ethyl adjacent to an activating group) is 1. The Bertz CT molecular complexity index is 441. The highest BCUT2D eigenvalue weighted by Gasteiger charge is 2.27. The zero-order valence-corrected chi connectivity index (χ0v) is 13.8. The average Bonchev–Trinajstić information content (AvgIpc) is 2.93. The summed E-state index contributed by atoms with van der Waals surface area (Å²) in [5, 5.41) is 0. The standard InChI is InChI=1S/C15H22BrN3O/c1-18(2)9-10-19(13-5-3-4-6-13)15(20)14-8-7-12(16)11-17-14/h7-8,11,13H,3-6,9-10H2,1-2H3. The second-order valence-corrected chi connectivity index (χ2v) is 6.52. The summed E-state index contributed by atoms with van der Waals surface area (Å²) in [6.45, 7) is 1.66. The molecule has 0 saturated heterocycles. The molecule has 1 fully saturated rings. The third-order valence-electron chi connectivity index (χ3n) is 3.76. The van der Waals surface area contributed by atoms with Crippen LogP contribution in [0.4, 0.5) is 0 Å². The van der Waals surface area contributed by atoms with Crippen LogP contribution in [0, 0.1) is 0 Å². The van der Waals surface area contributed by atoms with E-state index in [-0.39, 0.29) is 5.91 Å². The largest absolute Gasteiger partial charge is 0.333 e. The minimum atomic E-state index is 0.0613. The molecule has 5 heteroatoms. The van der Waals surface area contributed by atoms with Crippen molar-refractivity contribution in [1.29, 1.82) is 0 Å².